The van der Waals surface area contributed by atoms with Gasteiger partial charge >= 0.3 is 0 Å². The smallest absolute Gasteiger partial charge is 0.251 e. The second kappa shape index (κ2) is 9.04. The van der Waals surface area contributed by atoms with E-state index in [1.807, 2.05) is 0 Å². The van der Waals surface area contributed by atoms with Crippen molar-refractivity contribution in [3.05, 3.63) is 35.7 Å². The number of amides is 1. The van der Waals surface area contributed by atoms with Gasteiger partial charge in [-0.2, -0.15) is 15.0 Å². The molecule has 0 spiro atoms. The second-order valence-electron chi connectivity index (χ2n) is 7.06. The zero-order valence-corrected chi connectivity index (χ0v) is 16.6. The molecule has 0 bridgehead atoms. The number of methoxy groups -OCH3 is 1. The van der Waals surface area contributed by atoms with Gasteiger partial charge in [0, 0.05) is 31.7 Å². The normalized spacial score (nSPS) is 16.7. The standard InChI is InChI=1S/C20H26N6O3/c1-28-16-6-4-5-15(13-16)18(27)21-14-17-22-19(25-7-2-3-8-25)24-20(23-17)26-9-11-29-12-10-26/h4-6,13H,2-3,7-12,14H2,1H3,(H,21,27). The van der Waals surface area contributed by atoms with Crippen molar-refractivity contribution in [3.8, 4) is 5.75 Å². The maximum atomic E-state index is 12.5. The van der Waals surface area contributed by atoms with Crippen LogP contribution in [0, 0.1) is 0 Å². The average Bonchev–Trinajstić information content (AvgIpc) is 3.33. The van der Waals surface area contributed by atoms with E-state index in [9.17, 15) is 4.79 Å². The van der Waals surface area contributed by atoms with Crippen LogP contribution < -0.4 is 19.9 Å². The molecular formula is C20H26N6O3. The van der Waals surface area contributed by atoms with Crippen LogP contribution in [0.2, 0.25) is 0 Å². The molecule has 4 rings (SSSR count). The van der Waals surface area contributed by atoms with Gasteiger partial charge < -0.3 is 24.6 Å². The SMILES string of the molecule is COc1cccc(C(=O)NCc2nc(N3CCCC3)nc(N3CCOCC3)n2)c1. The van der Waals surface area contributed by atoms with Gasteiger partial charge in [-0.15, -0.1) is 0 Å². The number of ether oxygens (including phenoxy) is 2. The summed E-state index contributed by atoms with van der Waals surface area (Å²) in [6.07, 6.45) is 2.28. The summed E-state index contributed by atoms with van der Waals surface area (Å²) >= 11 is 0. The highest BCUT2D eigenvalue weighted by Gasteiger charge is 2.21. The van der Waals surface area contributed by atoms with E-state index < -0.39 is 0 Å². The Morgan fingerprint density at radius 1 is 1.07 bits per heavy atom. The lowest BCUT2D eigenvalue weighted by atomic mass is 10.2. The van der Waals surface area contributed by atoms with E-state index in [2.05, 4.69) is 25.1 Å². The molecule has 0 saturated carbocycles. The monoisotopic (exact) mass is 398 g/mol. The molecule has 1 amide bonds. The number of hydrogen-bond acceptors (Lipinski definition) is 8. The number of nitrogens with one attached hydrogen (secondary N) is 1. The third kappa shape index (κ3) is 4.73. The van der Waals surface area contributed by atoms with Gasteiger partial charge in [0.1, 0.15) is 5.75 Å². The minimum atomic E-state index is -0.194. The summed E-state index contributed by atoms with van der Waals surface area (Å²) in [6.45, 7) is 4.94. The van der Waals surface area contributed by atoms with Gasteiger partial charge in [0.2, 0.25) is 11.9 Å². The quantitative estimate of drug-likeness (QED) is 0.777. The summed E-state index contributed by atoms with van der Waals surface area (Å²) in [5.41, 5.74) is 0.534. The molecule has 0 radical (unpaired) electrons. The second-order valence-corrected chi connectivity index (χ2v) is 7.06. The number of aromatic nitrogens is 3. The Kier molecular flexibility index (Phi) is 6.04. The lowest BCUT2D eigenvalue weighted by Gasteiger charge is -2.28. The molecule has 29 heavy (non-hydrogen) atoms. The molecule has 1 aromatic carbocycles. The lowest BCUT2D eigenvalue weighted by Crippen LogP contribution is -2.38. The topological polar surface area (TPSA) is 92.7 Å². The molecule has 3 heterocycles. The molecule has 1 N–H and O–H groups in total. The first-order valence-corrected chi connectivity index (χ1v) is 9.98. The Morgan fingerprint density at radius 2 is 1.76 bits per heavy atom. The number of nitrogens with zero attached hydrogens (tertiary/aromatic N) is 5. The van der Waals surface area contributed by atoms with Crippen molar-refractivity contribution >= 4 is 17.8 Å². The van der Waals surface area contributed by atoms with E-state index in [1.54, 1.807) is 31.4 Å². The number of carbonyl (C=O) groups is 1. The van der Waals surface area contributed by atoms with Gasteiger partial charge in [-0.25, -0.2) is 0 Å². The maximum absolute atomic E-state index is 12.5. The van der Waals surface area contributed by atoms with E-state index in [1.165, 1.54) is 0 Å². The number of morpholine rings is 1. The molecule has 2 aromatic rings. The third-order valence-corrected chi connectivity index (χ3v) is 5.08. The van der Waals surface area contributed by atoms with Gasteiger partial charge in [-0.3, -0.25) is 4.79 Å². The largest absolute Gasteiger partial charge is 0.497 e. The van der Waals surface area contributed by atoms with Gasteiger partial charge in [-0.05, 0) is 31.0 Å². The van der Waals surface area contributed by atoms with E-state index in [4.69, 9.17) is 14.5 Å². The van der Waals surface area contributed by atoms with Crippen LogP contribution in [0.1, 0.15) is 29.0 Å². The minimum Gasteiger partial charge on any atom is -0.497 e. The van der Waals surface area contributed by atoms with Crippen LogP contribution in [-0.2, 0) is 11.3 Å². The molecule has 9 heteroatoms. The van der Waals surface area contributed by atoms with Crippen LogP contribution in [0.5, 0.6) is 5.75 Å². The Morgan fingerprint density at radius 3 is 2.45 bits per heavy atom. The average molecular weight is 398 g/mol. The first-order valence-electron chi connectivity index (χ1n) is 9.98. The number of hydrogen-bond donors (Lipinski definition) is 1. The van der Waals surface area contributed by atoms with Gasteiger partial charge in [0.15, 0.2) is 5.82 Å². The van der Waals surface area contributed by atoms with Crippen LogP contribution in [0.25, 0.3) is 0 Å². The summed E-state index contributed by atoms with van der Waals surface area (Å²) < 4.78 is 10.6. The first-order chi connectivity index (χ1) is 14.2. The van der Waals surface area contributed by atoms with E-state index in [0.717, 1.165) is 39.0 Å². The van der Waals surface area contributed by atoms with E-state index >= 15 is 0 Å². The van der Waals surface area contributed by atoms with Gasteiger partial charge in [0.25, 0.3) is 5.91 Å². The van der Waals surface area contributed by atoms with E-state index in [-0.39, 0.29) is 12.5 Å². The molecule has 2 saturated heterocycles. The van der Waals surface area contributed by atoms with Crippen molar-refractivity contribution in [1.29, 1.82) is 0 Å². The van der Waals surface area contributed by atoms with Crippen molar-refractivity contribution in [2.75, 3.05) is 56.3 Å². The number of carbonyl (C=O) groups excluding carboxylic acids is 1. The Balaban J connectivity index is 1.51. The zero-order chi connectivity index (χ0) is 20.1. The first kappa shape index (κ1) is 19.4. The van der Waals surface area contributed by atoms with Crippen LogP contribution in [0.15, 0.2) is 24.3 Å². The highest BCUT2D eigenvalue weighted by Crippen LogP contribution is 2.19. The van der Waals surface area contributed by atoms with Crippen LogP contribution in [0.4, 0.5) is 11.9 Å². The molecule has 0 aliphatic carbocycles. The molecule has 154 valence electrons. The highest BCUT2D eigenvalue weighted by atomic mass is 16.5. The van der Waals surface area contributed by atoms with Crippen LogP contribution in [0.3, 0.4) is 0 Å². The van der Waals surface area contributed by atoms with Crippen molar-refractivity contribution in [2.45, 2.75) is 19.4 Å². The molecule has 2 aliphatic rings. The minimum absolute atomic E-state index is 0.194. The molecular weight excluding hydrogens is 372 g/mol. The van der Waals surface area contributed by atoms with Crippen LogP contribution >= 0.6 is 0 Å². The molecule has 0 unspecified atom stereocenters. The lowest BCUT2D eigenvalue weighted by molar-refractivity contribution is 0.0949. The zero-order valence-electron chi connectivity index (χ0n) is 16.6. The number of benzene rings is 1. The maximum Gasteiger partial charge on any atom is 0.251 e. The van der Waals surface area contributed by atoms with Gasteiger partial charge in [-0.1, -0.05) is 6.07 Å². The van der Waals surface area contributed by atoms with E-state index in [0.29, 0.717) is 42.2 Å². The summed E-state index contributed by atoms with van der Waals surface area (Å²) in [4.78, 5) is 30.7. The Labute approximate surface area is 170 Å². The van der Waals surface area contributed by atoms with Gasteiger partial charge in [0.05, 0.1) is 26.9 Å². The molecule has 2 aliphatic heterocycles. The van der Waals surface area contributed by atoms with Crippen molar-refractivity contribution < 1.29 is 14.3 Å². The Hall–Kier alpha value is -2.94. The number of rotatable bonds is 6. The summed E-state index contributed by atoms with van der Waals surface area (Å²) in [7, 11) is 1.58. The van der Waals surface area contributed by atoms with Crippen molar-refractivity contribution in [2.24, 2.45) is 0 Å². The molecule has 1 aromatic heterocycles. The molecule has 0 atom stereocenters. The fraction of sp³-hybridized carbons (Fsp3) is 0.500. The predicted molar refractivity (Wildman–Crippen MR) is 108 cm³/mol. The summed E-state index contributed by atoms with van der Waals surface area (Å²) in [6, 6.07) is 7.05. The number of anilines is 2. The highest BCUT2D eigenvalue weighted by molar-refractivity contribution is 5.94. The predicted octanol–water partition coefficient (Wildman–Crippen LogP) is 1.25. The fourth-order valence-corrected chi connectivity index (χ4v) is 3.46. The van der Waals surface area contributed by atoms with Crippen molar-refractivity contribution in [3.63, 3.8) is 0 Å². The third-order valence-electron chi connectivity index (χ3n) is 5.08. The van der Waals surface area contributed by atoms with Crippen LogP contribution in [-0.4, -0.2) is 67.4 Å². The van der Waals surface area contributed by atoms with Crippen molar-refractivity contribution in [1.82, 2.24) is 20.3 Å². The fourth-order valence-electron chi connectivity index (χ4n) is 3.46. The molecule has 2 fully saturated rings. The summed E-state index contributed by atoms with van der Waals surface area (Å²) in [5, 5.41) is 2.91. The summed E-state index contributed by atoms with van der Waals surface area (Å²) in [5.74, 6) is 2.34. The Bertz CT molecular complexity index is 850. The molecule has 9 nitrogen and oxygen atoms in total.